The van der Waals surface area contributed by atoms with Gasteiger partial charge in [-0.2, -0.15) is 9.97 Å². The summed E-state index contributed by atoms with van der Waals surface area (Å²) >= 11 is 0. The Morgan fingerprint density at radius 3 is 2.79 bits per heavy atom. The zero-order chi connectivity index (χ0) is 27.7. The minimum Gasteiger partial charge on any atom is -0.462 e. The van der Waals surface area contributed by atoms with E-state index in [0.29, 0.717) is 18.1 Å². The highest BCUT2D eigenvalue weighted by Crippen LogP contribution is 2.40. The van der Waals surface area contributed by atoms with Crippen LogP contribution in [0, 0.1) is 17.6 Å². The summed E-state index contributed by atoms with van der Waals surface area (Å²) in [5.41, 5.74) is 2.41. The molecule has 1 amide bonds. The molecule has 2 atom stereocenters. The SMILES string of the molecule is C=C(F)C(=O)NCCNc1nc(OC[C@@H]2CCCN2C)nc2c(F)c(-c3cccc4c3CC(C)C4)c(F)cc12. The van der Waals surface area contributed by atoms with Gasteiger partial charge in [-0.3, -0.25) is 4.79 Å². The minimum atomic E-state index is -1.10. The summed E-state index contributed by atoms with van der Waals surface area (Å²) in [5, 5.41) is 5.48. The van der Waals surface area contributed by atoms with Crippen molar-refractivity contribution in [2.75, 3.05) is 38.6 Å². The standard InChI is InChI=1S/C29H32F3N5O2/c1-16-12-18-6-4-8-20(21(18)13-16)24-23(31)14-22-26(25(24)32)35-29(39-15-19-7-5-11-37(19)3)36-27(22)33-9-10-34-28(38)17(2)30/h4,6,8,14,16,19H,2,5,7,9-13,15H2,1,3H3,(H,34,38)(H,33,35,36)/t16?,19-/m0/s1. The zero-order valence-corrected chi connectivity index (χ0v) is 22.1. The summed E-state index contributed by atoms with van der Waals surface area (Å²) in [7, 11) is 2.02. The molecule has 0 spiro atoms. The maximum Gasteiger partial charge on any atom is 0.319 e. The third-order valence-corrected chi connectivity index (χ3v) is 7.55. The van der Waals surface area contributed by atoms with Crippen LogP contribution in [-0.2, 0) is 17.6 Å². The van der Waals surface area contributed by atoms with E-state index >= 15 is 8.78 Å². The molecule has 2 aliphatic rings. The van der Waals surface area contributed by atoms with E-state index in [9.17, 15) is 9.18 Å². The Balaban J connectivity index is 1.52. The van der Waals surface area contributed by atoms with Crippen LogP contribution < -0.4 is 15.4 Å². The molecule has 3 aromatic rings. The highest BCUT2D eigenvalue weighted by molar-refractivity contribution is 5.94. The maximum absolute atomic E-state index is 16.2. The van der Waals surface area contributed by atoms with E-state index < -0.39 is 23.4 Å². The Labute approximate surface area is 225 Å². The number of hydrogen-bond acceptors (Lipinski definition) is 6. The molecule has 7 nitrogen and oxygen atoms in total. The first kappa shape index (κ1) is 26.9. The number of likely N-dealkylation sites (N-methyl/N-ethyl adjacent to an activating group) is 1. The van der Waals surface area contributed by atoms with Crippen molar-refractivity contribution in [1.82, 2.24) is 20.2 Å². The lowest BCUT2D eigenvalue weighted by molar-refractivity contribution is -0.118. The van der Waals surface area contributed by atoms with E-state index in [1.54, 1.807) is 6.07 Å². The van der Waals surface area contributed by atoms with Gasteiger partial charge in [-0.15, -0.1) is 0 Å². The first-order chi connectivity index (χ1) is 18.7. The Morgan fingerprint density at radius 1 is 1.23 bits per heavy atom. The quantitative estimate of drug-likeness (QED) is 0.301. The second kappa shape index (κ2) is 11.2. The van der Waals surface area contributed by atoms with Crippen molar-refractivity contribution in [3.63, 3.8) is 0 Å². The molecular weight excluding hydrogens is 507 g/mol. The number of benzene rings is 2. The van der Waals surface area contributed by atoms with Gasteiger partial charge < -0.3 is 20.3 Å². The van der Waals surface area contributed by atoms with E-state index in [-0.39, 0.29) is 47.4 Å². The van der Waals surface area contributed by atoms with Gasteiger partial charge >= 0.3 is 6.01 Å². The van der Waals surface area contributed by atoms with Crippen molar-refractivity contribution in [3.8, 4) is 17.1 Å². The Kier molecular flexibility index (Phi) is 7.74. The summed E-state index contributed by atoms with van der Waals surface area (Å²) in [6.45, 7) is 6.53. The zero-order valence-electron chi connectivity index (χ0n) is 22.1. The summed E-state index contributed by atoms with van der Waals surface area (Å²) < 4.78 is 50.7. The third kappa shape index (κ3) is 5.56. The summed E-state index contributed by atoms with van der Waals surface area (Å²) in [6.07, 6.45) is 3.65. The molecule has 10 heteroatoms. The number of nitrogens with one attached hydrogen (secondary N) is 2. The fraction of sp³-hybridized carbons (Fsp3) is 0.414. The molecule has 1 aliphatic carbocycles. The van der Waals surface area contributed by atoms with Crippen LogP contribution in [0.4, 0.5) is 19.0 Å². The fourth-order valence-electron chi connectivity index (χ4n) is 5.53. The monoisotopic (exact) mass is 539 g/mol. The van der Waals surface area contributed by atoms with Crippen molar-refractivity contribution in [3.05, 3.63) is 59.4 Å². The lowest BCUT2D eigenvalue weighted by atomic mass is 9.94. The number of aromatic nitrogens is 2. The molecule has 2 heterocycles. The second-order valence-electron chi connectivity index (χ2n) is 10.4. The van der Waals surface area contributed by atoms with Gasteiger partial charge in [-0.05, 0) is 68.0 Å². The van der Waals surface area contributed by atoms with Crippen molar-refractivity contribution in [2.24, 2.45) is 5.92 Å². The van der Waals surface area contributed by atoms with Gasteiger partial charge in [0.15, 0.2) is 11.6 Å². The van der Waals surface area contributed by atoms with Crippen molar-refractivity contribution in [1.29, 1.82) is 0 Å². The number of rotatable bonds is 9. The van der Waals surface area contributed by atoms with Gasteiger partial charge in [0.05, 0.1) is 5.56 Å². The lowest BCUT2D eigenvalue weighted by Crippen LogP contribution is -2.31. The molecule has 1 saturated heterocycles. The molecule has 0 bridgehead atoms. The number of carbonyl (C=O) groups is 1. The second-order valence-corrected chi connectivity index (χ2v) is 10.4. The van der Waals surface area contributed by atoms with Crippen LogP contribution in [0.15, 0.2) is 36.7 Å². The number of fused-ring (bicyclic) bond motifs is 2. The van der Waals surface area contributed by atoms with Crippen molar-refractivity contribution < 1.29 is 22.7 Å². The predicted octanol–water partition coefficient (Wildman–Crippen LogP) is 4.79. The highest BCUT2D eigenvalue weighted by atomic mass is 19.1. The van der Waals surface area contributed by atoms with Gasteiger partial charge in [-0.25, -0.2) is 13.2 Å². The number of hydrogen-bond donors (Lipinski definition) is 2. The number of ether oxygens (including phenoxy) is 1. The predicted molar refractivity (Wildman–Crippen MR) is 144 cm³/mol. The van der Waals surface area contributed by atoms with Crippen molar-refractivity contribution >= 4 is 22.6 Å². The van der Waals surface area contributed by atoms with Crippen LogP contribution in [0.25, 0.3) is 22.0 Å². The maximum atomic E-state index is 16.2. The van der Waals surface area contributed by atoms with E-state index in [0.717, 1.165) is 43.4 Å². The number of amides is 1. The highest BCUT2D eigenvalue weighted by Gasteiger charge is 2.27. The minimum absolute atomic E-state index is 0.0326. The van der Waals surface area contributed by atoms with Gasteiger partial charge in [-0.1, -0.05) is 31.7 Å². The topological polar surface area (TPSA) is 79.4 Å². The smallest absolute Gasteiger partial charge is 0.319 e. The fourth-order valence-corrected chi connectivity index (χ4v) is 5.53. The molecule has 1 unspecified atom stereocenters. The molecule has 206 valence electrons. The number of nitrogens with zero attached hydrogens (tertiary/aromatic N) is 3. The van der Waals surface area contributed by atoms with E-state index in [4.69, 9.17) is 4.74 Å². The molecule has 2 aromatic carbocycles. The molecule has 2 N–H and O–H groups in total. The Morgan fingerprint density at radius 2 is 2.05 bits per heavy atom. The number of anilines is 1. The summed E-state index contributed by atoms with van der Waals surface area (Å²) in [6, 6.07) is 6.97. The molecule has 5 rings (SSSR count). The number of likely N-dealkylation sites (tertiary alicyclic amines) is 1. The first-order valence-corrected chi connectivity index (χ1v) is 13.2. The van der Waals surface area contributed by atoms with Gasteiger partial charge in [0.25, 0.3) is 5.91 Å². The number of carbonyl (C=O) groups excluding carboxylic acids is 1. The van der Waals surface area contributed by atoms with Gasteiger partial charge in [0.2, 0.25) is 0 Å². The molecule has 0 radical (unpaired) electrons. The normalized spacial score (nSPS) is 18.8. The summed E-state index contributed by atoms with van der Waals surface area (Å²) in [4.78, 5) is 22.4. The molecule has 1 aliphatic heterocycles. The number of halogens is 3. The average molecular weight is 540 g/mol. The average Bonchev–Trinajstić information content (AvgIpc) is 3.49. The first-order valence-electron chi connectivity index (χ1n) is 13.2. The molecule has 0 saturated carbocycles. The van der Waals surface area contributed by atoms with E-state index in [1.165, 1.54) is 6.07 Å². The van der Waals surface area contributed by atoms with Crippen molar-refractivity contribution in [2.45, 2.75) is 38.6 Å². The Hall–Kier alpha value is -3.66. The van der Waals surface area contributed by atoms with Crippen LogP contribution in [0.3, 0.4) is 0 Å². The molecular formula is C29H32F3N5O2. The molecule has 39 heavy (non-hydrogen) atoms. The summed E-state index contributed by atoms with van der Waals surface area (Å²) in [5.74, 6) is -2.99. The Bertz CT molecular complexity index is 1430. The van der Waals surface area contributed by atoms with Crippen LogP contribution in [-0.4, -0.2) is 60.1 Å². The van der Waals surface area contributed by atoms with E-state index in [1.807, 2.05) is 19.2 Å². The van der Waals surface area contributed by atoms with Crippen LogP contribution >= 0.6 is 0 Å². The van der Waals surface area contributed by atoms with Crippen LogP contribution in [0.1, 0.15) is 30.9 Å². The van der Waals surface area contributed by atoms with Gasteiger partial charge in [0, 0.05) is 24.5 Å². The van der Waals surface area contributed by atoms with Crippen LogP contribution in [0.2, 0.25) is 0 Å². The van der Waals surface area contributed by atoms with E-state index in [2.05, 4.69) is 39.0 Å². The van der Waals surface area contributed by atoms with Crippen LogP contribution in [0.5, 0.6) is 6.01 Å². The lowest BCUT2D eigenvalue weighted by Gasteiger charge is -2.20. The third-order valence-electron chi connectivity index (χ3n) is 7.55. The molecule has 1 aromatic heterocycles. The molecule has 1 fully saturated rings. The largest absolute Gasteiger partial charge is 0.462 e. The van der Waals surface area contributed by atoms with Gasteiger partial charge in [0.1, 0.15) is 23.8 Å².